The summed E-state index contributed by atoms with van der Waals surface area (Å²) in [4.78, 5) is 11.7. The number of hydrogen-bond acceptors (Lipinski definition) is 3. The van der Waals surface area contributed by atoms with Crippen molar-refractivity contribution < 1.29 is 19.4 Å². The van der Waals surface area contributed by atoms with Gasteiger partial charge in [-0.3, -0.25) is 0 Å². The number of para-hydroxylation sites is 1. The van der Waals surface area contributed by atoms with E-state index in [2.05, 4.69) is 0 Å². The van der Waals surface area contributed by atoms with Crippen LogP contribution in [0.5, 0.6) is 5.75 Å². The molecule has 96 valence electrons. The molecule has 0 spiro atoms. The Morgan fingerprint density at radius 1 is 1.39 bits per heavy atom. The summed E-state index contributed by atoms with van der Waals surface area (Å²) < 4.78 is 11.4. The lowest BCUT2D eigenvalue weighted by atomic mass is 9.86. The topological polar surface area (TPSA) is 55.8 Å². The second-order valence-corrected chi connectivity index (χ2v) is 4.90. The Labute approximate surface area is 106 Å². The monoisotopic (exact) mass is 248 g/mol. The molecule has 3 rings (SSSR count). The zero-order valence-electron chi connectivity index (χ0n) is 10.1. The van der Waals surface area contributed by atoms with E-state index in [-0.39, 0.29) is 6.10 Å². The Morgan fingerprint density at radius 3 is 2.83 bits per heavy atom. The van der Waals surface area contributed by atoms with Crippen molar-refractivity contribution in [1.82, 2.24) is 0 Å². The molecular formula is C14H16O4. The highest BCUT2D eigenvalue weighted by atomic mass is 16.5. The molecule has 1 aliphatic carbocycles. The Kier molecular flexibility index (Phi) is 2.74. The van der Waals surface area contributed by atoms with E-state index in [1.807, 2.05) is 12.1 Å². The summed E-state index contributed by atoms with van der Waals surface area (Å²) in [6.07, 6.45) is 3.48. The number of carboxylic acids is 1. The van der Waals surface area contributed by atoms with Gasteiger partial charge < -0.3 is 14.6 Å². The standard InChI is InChI=1S/C14H16O4/c15-13(16)14(18-10-4-3-5-10)8-9-17-12-7-2-1-6-11(12)14/h1-2,6-7,10H,3-5,8-9H2,(H,15,16). The van der Waals surface area contributed by atoms with E-state index in [9.17, 15) is 9.90 Å². The van der Waals surface area contributed by atoms with Crippen molar-refractivity contribution in [3.8, 4) is 5.75 Å². The van der Waals surface area contributed by atoms with Crippen LogP contribution in [0.15, 0.2) is 24.3 Å². The van der Waals surface area contributed by atoms with Gasteiger partial charge in [-0.25, -0.2) is 4.79 Å². The molecule has 18 heavy (non-hydrogen) atoms. The highest BCUT2D eigenvalue weighted by molar-refractivity contribution is 5.81. The molecule has 0 bridgehead atoms. The van der Waals surface area contributed by atoms with Crippen molar-refractivity contribution in [3.63, 3.8) is 0 Å². The van der Waals surface area contributed by atoms with Crippen molar-refractivity contribution in [2.24, 2.45) is 0 Å². The molecule has 1 aromatic carbocycles. The molecule has 0 amide bonds. The van der Waals surface area contributed by atoms with Crippen LogP contribution in [0.3, 0.4) is 0 Å². The van der Waals surface area contributed by atoms with Gasteiger partial charge in [0.15, 0.2) is 5.60 Å². The Bertz CT molecular complexity index is 467. The van der Waals surface area contributed by atoms with Crippen molar-refractivity contribution in [2.45, 2.75) is 37.4 Å². The summed E-state index contributed by atoms with van der Waals surface area (Å²) in [5, 5.41) is 9.62. The van der Waals surface area contributed by atoms with E-state index >= 15 is 0 Å². The van der Waals surface area contributed by atoms with Crippen LogP contribution in [0.25, 0.3) is 0 Å². The van der Waals surface area contributed by atoms with Gasteiger partial charge in [0, 0.05) is 12.0 Å². The van der Waals surface area contributed by atoms with Crippen LogP contribution >= 0.6 is 0 Å². The van der Waals surface area contributed by atoms with Crippen LogP contribution in [0, 0.1) is 0 Å². The minimum absolute atomic E-state index is 0.0762. The SMILES string of the molecule is O=C(O)C1(OC2CCC2)CCOc2ccccc21. The maximum absolute atomic E-state index is 11.7. The van der Waals surface area contributed by atoms with Crippen LogP contribution in [-0.2, 0) is 15.1 Å². The molecule has 1 aromatic rings. The van der Waals surface area contributed by atoms with Gasteiger partial charge in [0.05, 0.1) is 12.7 Å². The molecule has 4 heteroatoms. The normalized spacial score (nSPS) is 26.9. The van der Waals surface area contributed by atoms with Gasteiger partial charge in [-0.1, -0.05) is 18.2 Å². The average molecular weight is 248 g/mol. The number of carboxylic acid groups (broad SMARTS) is 1. The number of carbonyl (C=O) groups is 1. The zero-order valence-corrected chi connectivity index (χ0v) is 10.1. The molecule has 1 saturated carbocycles. The van der Waals surface area contributed by atoms with Crippen LogP contribution in [0.1, 0.15) is 31.2 Å². The minimum atomic E-state index is -1.22. The predicted octanol–water partition coefficient (Wildman–Crippen LogP) is 2.32. The summed E-state index contributed by atoms with van der Waals surface area (Å²) in [5.41, 5.74) is -0.574. The van der Waals surface area contributed by atoms with E-state index in [1.165, 1.54) is 0 Å². The van der Waals surface area contributed by atoms with Crippen molar-refractivity contribution in [1.29, 1.82) is 0 Å². The summed E-state index contributed by atoms with van der Waals surface area (Å²) >= 11 is 0. The molecule has 1 fully saturated rings. The maximum atomic E-state index is 11.7. The van der Waals surface area contributed by atoms with Gasteiger partial charge in [-0.2, -0.15) is 0 Å². The Balaban J connectivity index is 2.01. The third-order valence-electron chi connectivity index (χ3n) is 3.80. The van der Waals surface area contributed by atoms with Gasteiger partial charge in [-0.15, -0.1) is 0 Å². The van der Waals surface area contributed by atoms with Gasteiger partial charge in [0.2, 0.25) is 0 Å². The number of benzene rings is 1. The van der Waals surface area contributed by atoms with E-state index in [1.54, 1.807) is 12.1 Å². The van der Waals surface area contributed by atoms with Gasteiger partial charge in [-0.05, 0) is 25.3 Å². The molecular weight excluding hydrogens is 232 g/mol. The van der Waals surface area contributed by atoms with E-state index < -0.39 is 11.6 Å². The first-order valence-electron chi connectivity index (χ1n) is 6.36. The number of ether oxygens (including phenoxy) is 2. The summed E-state index contributed by atoms with van der Waals surface area (Å²) in [6, 6.07) is 7.27. The third kappa shape index (κ3) is 1.68. The van der Waals surface area contributed by atoms with Crippen molar-refractivity contribution in [2.75, 3.05) is 6.61 Å². The Morgan fingerprint density at radius 2 is 2.17 bits per heavy atom. The summed E-state index contributed by atoms with van der Waals surface area (Å²) in [5.74, 6) is -0.282. The van der Waals surface area contributed by atoms with E-state index in [0.29, 0.717) is 24.3 Å². The van der Waals surface area contributed by atoms with E-state index in [0.717, 1.165) is 19.3 Å². The third-order valence-corrected chi connectivity index (χ3v) is 3.80. The highest BCUT2D eigenvalue weighted by Crippen LogP contribution is 2.43. The zero-order chi connectivity index (χ0) is 12.6. The summed E-state index contributed by atoms with van der Waals surface area (Å²) in [6.45, 7) is 0.385. The fourth-order valence-electron chi connectivity index (χ4n) is 2.53. The molecule has 1 unspecified atom stereocenters. The second kappa shape index (κ2) is 4.28. The van der Waals surface area contributed by atoms with Crippen LogP contribution in [-0.4, -0.2) is 23.8 Å². The van der Waals surface area contributed by atoms with E-state index in [4.69, 9.17) is 9.47 Å². The minimum Gasteiger partial charge on any atom is -0.493 e. The quantitative estimate of drug-likeness (QED) is 0.891. The van der Waals surface area contributed by atoms with Crippen molar-refractivity contribution >= 4 is 5.97 Å². The first-order valence-corrected chi connectivity index (χ1v) is 6.36. The lowest BCUT2D eigenvalue weighted by Crippen LogP contribution is -2.46. The molecule has 1 heterocycles. The maximum Gasteiger partial charge on any atom is 0.340 e. The highest BCUT2D eigenvalue weighted by Gasteiger charge is 2.48. The van der Waals surface area contributed by atoms with Crippen LogP contribution in [0.4, 0.5) is 0 Å². The molecule has 2 aliphatic rings. The number of fused-ring (bicyclic) bond motifs is 1. The van der Waals surface area contributed by atoms with Gasteiger partial charge >= 0.3 is 5.97 Å². The number of aliphatic carboxylic acids is 1. The number of rotatable bonds is 3. The lowest BCUT2D eigenvalue weighted by Gasteiger charge is -2.40. The molecule has 1 N–H and O–H groups in total. The summed E-state index contributed by atoms with van der Waals surface area (Å²) in [7, 11) is 0. The van der Waals surface area contributed by atoms with Gasteiger partial charge in [0.25, 0.3) is 0 Å². The number of hydrogen-bond donors (Lipinski definition) is 1. The average Bonchev–Trinajstić information content (AvgIpc) is 2.33. The molecule has 0 aromatic heterocycles. The van der Waals surface area contributed by atoms with Gasteiger partial charge in [0.1, 0.15) is 5.75 Å². The van der Waals surface area contributed by atoms with Crippen LogP contribution < -0.4 is 4.74 Å². The fraction of sp³-hybridized carbons (Fsp3) is 0.500. The molecule has 1 aliphatic heterocycles. The molecule has 0 saturated heterocycles. The lowest BCUT2D eigenvalue weighted by molar-refractivity contribution is -0.189. The Hall–Kier alpha value is -1.55. The fourth-order valence-corrected chi connectivity index (χ4v) is 2.53. The van der Waals surface area contributed by atoms with Crippen molar-refractivity contribution in [3.05, 3.63) is 29.8 Å². The predicted molar refractivity (Wildman–Crippen MR) is 64.6 cm³/mol. The molecule has 1 atom stereocenters. The first kappa shape index (κ1) is 11.5. The second-order valence-electron chi connectivity index (χ2n) is 4.90. The first-order chi connectivity index (χ1) is 8.72. The largest absolute Gasteiger partial charge is 0.493 e. The smallest absolute Gasteiger partial charge is 0.340 e. The van der Waals surface area contributed by atoms with Crippen LogP contribution in [0.2, 0.25) is 0 Å². The molecule has 4 nitrogen and oxygen atoms in total. The molecule has 0 radical (unpaired) electrons.